The zero-order valence-corrected chi connectivity index (χ0v) is 10.5. The Morgan fingerprint density at radius 1 is 1.18 bits per heavy atom. The summed E-state index contributed by atoms with van der Waals surface area (Å²) in [4.78, 5) is 12.0. The van der Waals surface area contributed by atoms with Crippen molar-refractivity contribution in [2.75, 3.05) is 14.1 Å². The zero-order valence-electron chi connectivity index (χ0n) is 9.67. The van der Waals surface area contributed by atoms with Gasteiger partial charge in [-0.25, -0.2) is 12.7 Å². The van der Waals surface area contributed by atoms with Gasteiger partial charge in [-0.1, -0.05) is 30.3 Å². The van der Waals surface area contributed by atoms with E-state index in [4.69, 9.17) is 0 Å². The highest BCUT2D eigenvalue weighted by molar-refractivity contribution is 7.94. The lowest BCUT2D eigenvalue weighted by Crippen LogP contribution is -2.29. The van der Waals surface area contributed by atoms with E-state index in [1.165, 1.54) is 20.2 Å². The highest BCUT2D eigenvalue weighted by Crippen LogP contribution is 2.25. The minimum absolute atomic E-state index is 0.124. The third kappa shape index (κ3) is 1.92. The van der Waals surface area contributed by atoms with Crippen LogP contribution < -0.4 is 0 Å². The molecule has 0 saturated carbocycles. The highest BCUT2D eigenvalue weighted by atomic mass is 32.2. The van der Waals surface area contributed by atoms with Crippen LogP contribution in [0.3, 0.4) is 0 Å². The van der Waals surface area contributed by atoms with Crippen molar-refractivity contribution in [1.82, 2.24) is 4.31 Å². The van der Waals surface area contributed by atoms with E-state index in [9.17, 15) is 13.2 Å². The fourth-order valence-corrected chi connectivity index (χ4v) is 2.80. The molecule has 0 aromatic heterocycles. The Hall–Kier alpha value is -1.46. The predicted molar refractivity (Wildman–Crippen MR) is 65.2 cm³/mol. The zero-order chi connectivity index (χ0) is 12.6. The standard InChI is InChI=1S/C12H13NO3S/c1-13(2)17(15,16)11-8-7-9-5-3-4-6-10(9)12(11)14/h3-6,8H,7H2,1-2H3. The smallest absolute Gasteiger partial charge is 0.246 e. The van der Waals surface area contributed by atoms with Crippen molar-refractivity contribution in [2.45, 2.75) is 6.42 Å². The van der Waals surface area contributed by atoms with Crippen LogP contribution >= 0.6 is 0 Å². The molecule has 90 valence electrons. The summed E-state index contributed by atoms with van der Waals surface area (Å²) in [6.45, 7) is 0. The van der Waals surface area contributed by atoms with E-state index >= 15 is 0 Å². The van der Waals surface area contributed by atoms with E-state index in [0.717, 1.165) is 9.87 Å². The normalized spacial score (nSPS) is 15.7. The van der Waals surface area contributed by atoms with Gasteiger partial charge in [-0.15, -0.1) is 0 Å². The molecule has 0 radical (unpaired) electrons. The first-order chi connectivity index (χ1) is 7.94. The highest BCUT2D eigenvalue weighted by Gasteiger charge is 2.31. The van der Waals surface area contributed by atoms with Gasteiger partial charge < -0.3 is 0 Å². The summed E-state index contributed by atoms with van der Waals surface area (Å²) < 4.78 is 24.9. The Labute approximate surface area is 101 Å². The third-order valence-corrected chi connectivity index (χ3v) is 4.62. The Morgan fingerprint density at radius 2 is 1.82 bits per heavy atom. The van der Waals surface area contributed by atoms with Gasteiger partial charge in [-0.05, 0) is 12.0 Å². The Bertz CT molecular complexity index is 600. The molecule has 1 aromatic carbocycles. The molecule has 0 fully saturated rings. The number of hydrogen-bond donors (Lipinski definition) is 0. The van der Waals surface area contributed by atoms with E-state index < -0.39 is 15.8 Å². The van der Waals surface area contributed by atoms with Crippen LogP contribution in [0.2, 0.25) is 0 Å². The van der Waals surface area contributed by atoms with Crippen LogP contribution in [0.25, 0.3) is 0 Å². The molecule has 0 spiro atoms. The summed E-state index contributed by atoms with van der Waals surface area (Å²) in [5.41, 5.74) is 1.35. The molecule has 0 aliphatic heterocycles. The molecule has 0 atom stereocenters. The number of ketones is 1. The molecule has 0 bridgehead atoms. The molecule has 1 aliphatic carbocycles. The Kier molecular flexibility index (Phi) is 2.89. The number of allylic oxidation sites excluding steroid dienone is 2. The van der Waals surface area contributed by atoms with Gasteiger partial charge in [0.25, 0.3) is 0 Å². The predicted octanol–water partition coefficient (Wildman–Crippen LogP) is 1.20. The fourth-order valence-electron chi connectivity index (χ4n) is 1.77. The molecule has 0 saturated heterocycles. The fraction of sp³-hybridized carbons (Fsp3) is 0.250. The second-order valence-corrected chi connectivity index (χ2v) is 6.17. The number of benzene rings is 1. The SMILES string of the molecule is CN(C)S(=O)(=O)C1=CCc2ccccc2C1=O. The second-order valence-electron chi connectivity index (χ2n) is 4.05. The van der Waals surface area contributed by atoms with Crippen molar-refractivity contribution in [3.8, 4) is 0 Å². The summed E-state index contributed by atoms with van der Waals surface area (Å²) in [6.07, 6.45) is 1.96. The van der Waals surface area contributed by atoms with Crippen LogP contribution in [0.4, 0.5) is 0 Å². The summed E-state index contributed by atoms with van der Waals surface area (Å²) in [5, 5.41) is 0. The van der Waals surface area contributed by atoms with E-state index in [-0.39, 0.29) is 4.91 Å². The molecule has 2 rings (SSSR count). The van der Waals surface area contributed by atoms with E-state index in [2.05, 4.69) is 0 Å². The van der Waals surface area contributed by atoms with Crippen molar-refractivity contribution in [1.29, 1.82) is 0 Å². The quantitative estimate of drug-likeness (QED) is 0.793. The maximum Gasteiger partial charge on any atom is 0.246 e. The Balaban J connectivity index is 2.51. The number of fused-ring (bicyclic) bond motifs is 1. The van der Waals surface area contributed by atoms with Gasteiger partial charge >= 0.3 is 0 Å². The second kappa shape index (κ2) is 4.09. The topological polar surface area (TPSA) is 54.5 Å². The van der Waals surface area contributed by atoms with Crippen LogP contribution in [0.15, 0.2) is 35.2 Å². The van der Waals surface area contributed by atoms with Gasteiger partial charge in [0, 0.05) is 19.7 Å². The van der Waals surface area contributed by atoms with Crippen molar-refractivity contribution in [3.05, 3.63) is 46.4 Å². The van der Waals surface area contributed by atoms with Gasteiger partial charge in [0.1, 0.15) is 4.91 Å². The lowest BCUT2D eigenvalue weighted by molar-refractivity contribution is 0.103. The number of carbonyl (C=O) groups excluding carboxylic acids is 1. The molecule has 0 N–H and O–H groups in total. The van der Waals surface area contributed by atoms with E-state index in [1.54, 1.807) is 12.1 Å². The number of Topliss-reactive ketones (excluding diaryl/α,β-unsaturated/α-hetero) is 1. The van der Waals surface area contributed by atoms with Crippen LogP contribution in [0.1, 0.15) is 15.9 Å². The van der Waals surface area contributed by atoms with Gasteiger partial charge in [0.15, 0.2) is 0 Å². The number of sulfonamides is 1. The maximum atomic E-state index is 12.1. The van der Waals surface area contributed by atoms with Crippen molar-refractivity contribution in [2.24, 2.45) is 0 Å². The molecule has 4 nitrogen and oxygen atoms in total. The van der Waals surface area contributed by atoms with Crippen molar-refractivity contribution in [3.63, 3.8) is 0 Å². The van der Waals surface area contributed by atoms with Gasteiger partial charge in [0.05, 0.1) is 0 Å². The minimum atomic E-state index is -3.65. The first-order valence-corrected chi connectivity index (χ1v) is 6.64. The van der Waals surface area contributed by atoms with E-state index in [1.807, 2.05) is 12.1 Å². The lowest BCUT2D eigenvalue weighted by atomic mass is 9.96. The summed E-state index contributed by atoms with van der Waals surface area (Å²) >= 11 is 0. The minimum Gasteiger partial charge on any atom is -0.288 e. The molecule has 0 heterocycles. The largest absolute Gasteiger partial charge is 0.288 e. The van der Waals surface area contributed by atoms with Gasteiger partial charge in [-0.3, -0.25) is 4.79 Å². The first-order valence-electron chi connectivity index (χ1n) is 5.20. The summed E-state index contributed by atoms with van der Waals surface area (Å²) in [5.74, 6) is -0.416. The van der Waals surface area contributed by atoms with Crippen LogP contribution in [-0.2, 0) is 16.4 Å². The van der Waals surface area contributed by atoms with Crippen LogP contribution in [-0.4, -0.2) is 32.6 Å². The van der Waals surface area contributed by atoms with Crippen molar-refractivity contribution < 1.29 is 13.2 Å². The average molecular weight is 251 g/mol. The maximum absolute atomic E-state index is 12.1. The van der Waals surface area contributed by atoms with Gasteiger partial charge in [0.2, 0.25) is 15.8 Å². The summed E-state index contributed by atoms with van der Waals surface area (Å²) in [6, 6.07) is 7.08. The monoisotopic (exact) mass is 251 g/mol. The lowest BCUT2D eigenvalue weighted by Gasteiger charge is -2.18. The average Bonchev–Trinajstić information content (AvgIpc) is 2.29. The number of nitrogens with zero attached hydrogens (tertiary/aromatic N) is 1. The molecule has 1 aliphatic rings. The molecule has 1 aromatic rings. The molecule has 0 amide bonds. The van der Waals surface area contributed by atoms with Crippen LogP contribution in [0.5, 0.6) is 0 Å². The number of rotatable bonds is 2. The van der Waals surface area contributed by atoms with E-state index in [0.29, 0.717) is 12.0 Å². The summed E-state index contributed by atoms with van der Waals surface area (Å²) in [7, 11) is -0.806. The molecule has 5 heteroatoms. The first kappa shape index (κ1) is 12.0. The van der Waals surface area contributed by atoms with Crippen molar-refractivity contribution >= 4 is 15.8 Å². The third-order valence-electron chi connectivity index (χ3n) is 2.75. The van der Waals surface area contributed by atoms with Gasteiger partial charge in [-0.2, -0.15) is 0 Å². The molecular formula is C12H13NO3S. The van der Waals surface area contributed by atoms with Crippen LogP contribution in [0, 0.1) is 0 Å². The molecular weight excluding hydrogens is 238 g/mol. The number of hydrogen-bond acceptors (Lipinski definition) is 3. The number of carbonyl (C=O) groups is 1. The molecule has 0 unspecified atom stereocenters. The Morgan fingerprint density at radius 3 is 2.47 bits per heavy atom. The molecule has 17 heavy (non-hydrogen) atoms.